The average molecular weight is 331 g/mol. The Morgan fingerprint density at radius 2 is 2.05 bits per heavy atom. The SMILES string of the molecule is CC(C)(C)CC(=O)N1CCNCC1c1ccccc1Cl.Cl. The van der Waals surface area contributed by atoms with E-state index in [1.54, 1.807) is 0 Å². The van der Waals surface area contributed by atoms with Gasteiger partial charge in [-0.25, -0.2) is 0 Å². The van der Waals surface area contributed by atoms with Crippen LogP contribution in [-0.2, 0) is 4.79 Å². The molecule has 2 rings (SSSR count). The standard InChI is InChI=1S/C16H23ClN2O.ClH/c1-16(2,3)10-15(20)19-9-8-18-11-14(19)12-6-4-5-7-13(12)17;/h4-7,14,18H,8-11H2,1-3H3;1H. The van der Waals surface area contributed by atoms with E-state index in [4.69, 9.17) is 11.6 Å². The number of piperazine rings is 1. The van der Waals surface area contributed by atoms with E-state index in [-0.39, 0.29) is 29.8 Å². The van der Waals surface area contributed by atoms with Crippen molar-refractivity contribution in [1.82, 2.24) is 10.2 Å². The lowest BCUT2D eigenvalue weighted by molar-refractivity contribution is -0.136. The van der Waals surface area contributed by atoms with Crippen molar-refractivity contribution in [3.05, 3.63) is 34.9 Å². The van der Waals surface area contributed by atoms with Gasteiger partial charge in [-0.15, -0.1) is 12.4 Å². The van der Waals surface area contributed by atoms with Gasteiger partial charge in [0.25, 0.3) is 0 Å². The Labute approximate surface area is 138 Å². The summed E-state index contributed by atoms with van der Waals surface area (Å²) in [5.74, 6) is 0.212. The van der Waals surface area contributed by atoms with Gasteiger partial charge in [-0.1, -0.05) is 50.6 Å². The molecule has 0 radical (unpaired) electrons. The van der Waals surface area contributed by atoms with Gasteiger partial charge in [0.05, 0.1) is 6.04 Å². The molecule has 0 spiro atoms. The van der Waals surface area contributed by atoms with E-state index in [1.807, 2.05) is 29.2 Å². The summed E-state index contributed by atoms with van der Waals surface area (Å²) in [5.41, 5.74) is 1.04. The van der Waals surface area contributed by atoms with Crippen molar-refractivity contribution in [3.63, 3.8) is 0 Å². The van der Waals surface area contributed by atoms with Crippen LogP contribution < -0.4 is 5.32 Å². The van der Waals surface area contributed by atoms with Gasteiger partial charge in [-0.05, 0) is 17.0 Å². The molecule has 1 N–H and O–H groups in total. The summed E-state index contributed by atoms with van der Waals surface area (Å²) in [5, 5.41) is 4.09. The minimum atomic E-state index is 0. The quantitative estimate of drug-likeness (QED) is 0.897. The Morgan fingerprint density at radius 3 is 2.67 bits per heavy atom. The van der Waals surface area contributed by atoms with Crippen molar-refractivity contribution in [2.24, 2.45) is 5.41 Å². The fourth-order valence-corrected chi connectivity index (χ4v) is 2.84. The third kappa shape index (κ3) is 4.87. The predicted octanol–water partition coefficient (Wildman–Crippen LogP) is 3.67. The van der Waals surface area contributed by atoms with Crippen LogP contribution in [0.4, 0.5) is 0 Å². The van der Waals surface area contributed by atoms with Crippen LogP contribution in [0, 0.1) is 5.41 Å². The lowest BCUT2D eigenvalue weighted by Crippen LogP contribution is -2.49. The normalized spacial score (nSPS) is 19.0. The van der Waals surface area contributed by atoms with Gasteiger partial charge in [0.15, 0.2) is 0 Å². The monoisotopic (exact) mass is 330 g/mol. The predicted molar refractivity (Wildman–Crippen MR) is 90.1 cm³/mol. The first-order chi connectivity index (χ1) is 9.38. The number of halogens is 2. The minimum absolute atomic E-state index is 0. The molecule has 118 valence electrons. The lowest BCUT2D eigenvalue weighted by atomic mass is 9.90. The molecule has 0 aromatic heterocycles. The van der Waals surface area contributed by atoms with Gasteiger partial charge in [0.1, 0.15) is 0 Å². The maximum Gasteiger partial charge on any atom is 0.223 e. The molecule has 1 heterocycles. The molecule has 1 aliphatic rings. The van der Waals surface area contributed by atoms with Crippen LogP contribution in [-0.4, -0.2) is 30.4 Å². The summed E-state index contributed by atoms with van der Waals surface area (Å²) in [6.45, 7) is 8.63. The van der Waals surface area contributed by atoms with Crippen molar-refractivity contribution in [2.75, 3.05) is 19.6 Å². The summed E-state index contributed by atoms with van der Waals surface area (Å²) in [6.07, 6.45) is 0.563. The van der Waals surface area contributed by atoms with Crippen molar-refractivity contribution < 1.29 is 4.79 Å². The van der Waals surface area contributed by atoms with Crippen LogP contribution in [0.1, 0.15) is 38.8 Å². The van der Waals surface area contributed by atoms with Gasteiger partial charge >= 0.3 is 0 Å². The highest BCUT2D eigenvalue weighted by Crippen LogP contribution is 2.30. The van der Waals surface area contributed by atoms with Crippen LogP contribution in [0.2, 0.25) is 5.02 Å². The van der Waals surface area contributed by atoms with E-state index in [0.717, 1.165) is 30.2 Å². The van der Waals surface area contributed by atoms with E-state index >= 15 is 0 Å². The average Bonchev–Trinajstić information content (AvgIpc) is 2.37. The molecule has 1 unspecified atom stereocenters. The van der Waals surface area contributed by atoms with Gasteiger partial charge < -0.3 is 10.2 Å². The highest BCUT2D eigenvalue weighted by atomic mass is 35.5. The van der Waals surface area contributed by atoms with E-state index < -0.39 is 0 Å². The van der Waals surface area contributed by atoms with Crippen molar-refractivity contribution in [2.45, 2.75) is 33.2 Å². The Bertz CT molecular complexity index is 485. The van der Waals surface area contributed by atoms with Crippen LogP contribution in [0.25, 0.3) is 0 Å². The molecule has 0 saturated carbocycles. The molecule has 1 atom stereocenters. The molecule has 0 bridgehead atoms. The molecule has 21 heavy (non-hydrogen) atoms. The number of carbonyl (C=O) groups is 1. The molecule has 1 saturated heterocycles. The summed E-state index contributed by atoms with van der Waals surface area (Å²) in [4.78, 5) is 14.5. The number of benzene rings is 1. The zero-order valence-electron chi connectivity index (χ0n) is 12.9. The Hall–Kier alpha value is -0.770. The Balaban J connectivity index is 0.00000220. The first-order valence-electron chi connectivity index (χ1n) is 7.13. The smallest absolute Gasteiger partial charge is 0.223 e. The van der Waals surface area contributed by atoms with Crippen LogP contribution >= 0.6 is 24.0 Å². The number of hydrogen-bond donors (Lipinski definition) is 1. The van der Waals surface area contributed by atoms with Crippen LogP contribution in [0.15, 0.2) is 24.3 Å². The molecular formula is C16H24Cl2N2O. The summed E-state index contributed by atoms with van der Waals surface area (Å²) in [7, 11) is 0. The van der Waals surface area contributed by atoms with Crippen molar-refractivity contribution in [3.8, 4) is 0 Å². The number of rotatable bonds is 2. The zero-order chi connectivity index (χ0) is 14.8. The molecule has 1 aromatic rings. The van der Waals surface area contributed by atoms with Gasteiger partial charge in [0.2, 0.25) is 5.91 Å². The highest BCUT2D eigenvalue weighted by molar-refractivity contribution is 6.31. The van der Waals surface area contributed by atoms with Crippen molar-refractivity contribution >= 4 is 29.9 Å². The highest BCUT2D eigenvalue weighted by Gasteiger charge is 2.30. The van der Waals surface area contributed by atoms with E-state index in [1.165, 1.54) is 0 Å². The largest absolute Gasteiger partial charge is 0.333 e. The molecule has 1 fully saturated rings. The molecule has 1 aromatic carbocycles. The third-order valence-corrected chi connectivity index (χ3v) is 3.85. The van der Waals surface area contributed by atoms with Gasteiger partial charge in [-0.3, -0.25) is 4.79 Å². The second-order valence-electron chi connectivity index (χ2n) is 6.57. The molecule has 3 nitrogen and oxygen atoms in total. The van der Waals surface area contributed by atoms with Crippen molar-refractivity contribution in [1.29, 1.82) is 0 Å². The number of amides is 1. The summed E-state index contributed by atoms with van der Waals surface area (Å²) >= 11 is 6.29. The van der Waals surface area contributed by atoms with E-state index in [9.17, 15) is 4.79 Å². The molecule has 5 heteroatoms. The topological polar surface area (TPSA) is 32.3 Å². The molecule has 1 amide bonds. The Morgan fingerprint density at radius 1 is 1.38 bits per heavy atom. The van der Waals surface area contributed by atoms with Crippen LogP contribution in [0.3, 0.4) is 0 Å². The fourth-order valence-electron chi connectivity index (χ4n) is 2.58. The molecular weight excluding hydrogens is 307 g/mol. The maximum absolute atomic E-state index is 12.6. The first kappa shape index (κ1) is 18.3. The number of nitrogens with zero attached hydrogens (tertiary/aromatic N) is 1. The number of carbonyl (C=O) groups excluding carboxylic acids is 1. The summed E-state index contributed by atoms with van der Waals surface area (Å²) in [6, 6.07) is 7.83. The molecule has 0 aliphatic carbocycles. The van der Waals surface area contributed by atoms with Crippen LogP contribution in [0.5, 0.6) is 0 Å². The Kier molecular flexibility index (Phi) is 6.51. The zero-order valence-corrected chi connectivity index (χ0v) is 14.4. The molecule has 1 aliphatic heterocycles. The number of nitrogens with one attached hydrogen (secondary N) is 1. The summed E-state index contributed by atoms with van der Waals surface area (Å²) < 4.78 is 0. The number of hydrogen-bond acceptors (Lipinski definition) is 2. The van der Waals surface area contributed by atoms with Gasteiger partial charge in [0, 0.05) is 31.1 Å². The van der Waals surface area contributed by atoms with E-state index in [0.29, 0.717) is 6.42 Å². The fraction of sp³-hybridized carbons (Fsp3) is 0.562. The third-order valence-electron chi connectivity index (χ3n) is 3.51. The van der Waals surface area contributed by atoms with E-state index in [2.05, 4.69) is 26.1 Å². The minimum Gasteiger partial charge on any atom is -0.333 e. The maximum atomic E-state index is 12.6. The van der Waals surface area contributed by atoms with Gasteiger partial charge in [-0.2, -0.15) is 0 Å². The second-order valence-corrected chi connectivity index (χ2v) is 6.97. The lowest BCUT2D eigenvalue weighted by Gasteiger charge is -2.38. The second kappa shape index (κ2) is 7.48. The first-order valence-corrected chi connectivity index (χ1v) is 7.51.